The molecule has 21 heavy (non-hydrogen) atoms. The van der Waals surface area contributed by atoms with Crippen LogP contribution in [0.2, 0.25) is 0 Å². The zero-order valence-corrected chi connectivity index (χ0v) is 12.6. The molecule has 0 bridgehead atoms. The van der Waals surface area contributed by atoms with E-state index in [0.717, 1.165) is 10.9 Å². The second-order valence-electron chi connectivity index (χ2n) is 5.45. The number of hydrogen-bond donors (Lipinski definition) is 2. The SMILES string of the molecule is CC(C)NC(=O)C(C)n1c(=O)c(CN)cc2ccccc21. The van der Waals surface area contributed by atoms with Crippen LogP contribution in [0.25, 0.3) is 10.9 Å². The van der Waals surface area contributed by atoms with Crippen LogP contribution in [-0.4, -0.2) is 16.5 Å². The minimum absolute atomic E-state index is 0.0274. The van der Waals surface area contributed by atoms with E-state index in [2.05, 4.69) is 5.32 Å². The number of para-hydroxylation sites is 1. The monoisotopic (exact) mass is 287 g/mol. The Labute approximate surface area is 123 Å². The number of carbonyl (C=O) groups excluding carboxylic acids is 1. The Morgan fingerprint density at radius 3 is 2.57 bits per heavy atom. The van der Waals surface area contributed by atoms with Crippen molar-refractivity contribution < 1.29 is 4.79 Å². The third-order valence-electron chi connectivity index (χ3n) is 3.44. The van der Waals surface area contributed by atoms with E-state index in [1.165, 1.54) is 4.57 Å². The number of nitrogens with zero attached hydrogens (tertiary/aromatic N) is 1. The van der Waals surface area contributed by atoms with Crippen LogP contribution >= 0.6 is 0 Å². The van der Waals surface area contributed by atoms with E-state index < -0.39 is 6.04 Å². The zero-order chi connectivity index (χ0) is 15.6. The van der Waals surface area contributed by atoms with Gasteiger partial charge in [0.15, 0.2) is 0 Å². The number of amides is 1. The van der Waals surface area contributed by atoms with Crippen molar-refractivity contribution in [2.75, 3.05) is 0 Å². The van der Waals surface area contributed by atoms with Gasteiger partial charge in [-0.1, -0.05) is 18.2 Å². The topological polar surface area (TPSA) is 77.1 Å². The summed E-state index contributed by atoms with van der Waals surface area (Å²) in [5.41, 5.74) is 6.70. The first-order valence-electron chi connectivity index (χ1n) is 7.09. The lowest BCUT2D eigenvalue weighted by Gasteiger charge is -2.20. The van der Waals surface area contributed by atoms with E-state index in [9.17, 15) is 9.59 Å². The van der Waals surface area contributed by atoms with Crippen molar-refractivity contribution in [1.82, 2.24) is 9.88 Å². The van der Waals surface area contributed by atoms with Gasteiger partial charge in [0.1, 0.15) is 6.04 Å². The first-order chi connectivity index (χ1) is 9.95. The Balaban J connectivity index is 2.63. The van der Waals surface area contributed by atoms with Crippen LogP contribution < -0.4 is 16.6 Å². The van der Waals surface area contributed by atoms with Crippen LogP contribution in [0.15, 0.2) is 35.1 Å². The molecule has 1 aromatic carbocycles. The molecule has 1 aromatic heterocycles. The summed E-state index contributed by atoms with van der Waals surface area (Å²) in [5.74, 6) is -0.175. The first kappa shape index (κ1) is 15.3. The predicted octanol–water partition coefficient (Wildman–Crippen LogP) is 1.55. The van der Waals surface area contributed by atoms with Gasteiger partial charge in [0, 0.05) is 18.2 Å². The summed E-state index contributed by atoms with van der Waals surface area (Å²) >= 11 is 0. The van der Waals surface area contributed by atoms with Crippen LogP contribution in [0.1, 0.15) is 32.4 Å². The third-order valence-corrected chi connectivity index (χ3v) is 3.44. The number of fused-ring (bicyclic) bond motifs is 1. The van der Waals surface area contributed by atoms with Crippen LogP contribution in [0.3, 0.4) is 0 Å². The summed E-state index contributed by atoms with van der Waals surface area (Å²) in [7, 11) is 0. The van der Waals surface area contributed by atoms with Gasteiger partial charge in [0.25, 0.3) is 5.56 Å². The standard InChI is InChI=1S/C16H21N3O2/c1-10(2)18-15(20)11(3)19-14-7-5-4-6-12(14)8-13(9-17)16(19)21/h4-8,10-11H,9,17H2,1-3H3,(H,18,20). The maximum atomic E-state index is 12.5. The second kappa shape index (κ2) is 6.10. The van der Waals surface area contributed by atoms with Crippen LogP contribution in [0.5, 0.6) is 0 Å². The van der Waals surface area contributed by atoms with E-state index in [0.29, 0.717) is 5.56 Å². The van der Waals surface area contributed by atoms with E-state index in [-0.39, 0.29) is 24.1 Å². The van der Waals surface area contributed by atoms with Crippen molar-refractivity contribution in [2.45, 2.75) is 39.4 Å². The minimum Gasteiger partial charge on any atom is -0.352 e. The lowest BCUT2D eigenvalue weighted by atomic mass is 10.1. The van der Waals surface area contributed by atoms with Crippen molar-refractivity contribution in [1.29, 1.82) is 0 Å². The number of nitrogens with one attached hydrogen (secondary N) is 1. The molecule has 0 radical (unpaired) electrons. The van der Waals surface area contributed by atoms with Gasteiger partial charge in [-0.2, -0.15) is 0 Å². The van der Waals surface area contributed by atoms with E-state index >= 15 is 0 Å². The molecule has 0 aliphatic rings. The summed E-state index contributed by atoms with van der Waals surface area (Å²) in [6, 6.07) is 8.74. The number of benzene rings is 1. The largest absolute Gasteiger partial charge is 0.352 e. The highest BCUT2D eigenvalue weighted by Gasteiger charge is 2.20. The van der Waals surface area contributed by atoms with E-state index in [1.54, 1.807) is 13.0 Å². The third kappa shape index (κ3) is 2.97. The Morgan fingerprint density at radius 1 is 1.29 bits per heavy atom. The molecule has 5 nitrogen and oxygen atoms in total. The quantitative estimate of drug-likeness (QED) is 0.895. The average molecular weight is 287 g/mol. The van der Waals surface area contributed by atoms with Crippen LogP contribution in [-0.2, 0) is 11.3 Å². The van der Waals surface area contributed by atoms with Crippen molar-refractivity contribution in [2.24, 2.45) is 5.73 Å². The Kier molecular flexibility index (Phi) is 4.43. The number of nitrogens with two attached hydrogens (primary N) is 1. The molecule has 1 heterocycles. The summed E-state index contributed by atoms with van der Waals surface area (Å²) < 4.78 is 1.52. The van der Waals surface area contributed by atoms with E-state index in [1.807, 2.05) is 38.1 Å². The molecule has 0 saturated carbocycles. The molecule has 0 saturated heterocycles. The number of hydrogen-bond acceptors (Lipinski definition) is 3. The minimum atomic E-state index is -0.587. The molecule has 5 heteroatoms. The summed E-state index contributed by atoms with van der Waals surface area (Å²) in [4.78, 5) is 24.8. The van der Waals surface area contributed by atoms with Crippen molar-refractivity contribution >= 4 is 16.8 Å². The first-order valence-corrected chi connectivity index (χ1v) is 7.09. The summed E-state index contributed by atoms with van der Waals surface area (Å²) in [6.07, 6.45) is 0. The van der Waals surface area contributed by atoms with Crippen molar-refractivity contribution in [3.8, 4) is 0 Å². The number of aromatic nitrogens is 1. The zero-order valence-electron chi connectivity index (χ0n) is 12.6. The Morgan fingerprint density at radius 2 is 1.95 bits per heavy atom. The molecule has 0 aliphatic carbocycles. The van der Waals surface area contributed by atoms with Crippen molar-refractivity contribution in [3.63, 3.8) is 0 Å². The highest BCUT2D eigenvalue weighted by atomic mass is 16.2. The fourth-order valence-corrected chi connectivity index (χ4v) is 2.40. The predicted molar refractivity (Wildman–Crippen MR) is 84.1 cm³/mol. The highest BCUT2D eigenvalue weighted by Crippen LogP contribution is 2.17. The van der Waals surface area contributed by atoms with Gasteiger partial charge < -0.3 is 11.1 Å². The molecular weight excluding hydrogens is 266 g/mol. The molecule has 1 atom stereocenters. The summed E-state index contributed by atoms with van der Waals surface area (Å²) in [5, 5.41) is 3.74. The van der Waals surface area contributed by atoms with Crippen LogP contribution in [0.4, 0.5) is 0 Å². The summed E-state index contributed by atoms with van der Waals surface area (Å²) in [6.45, 7) is 5.66. The van der Waals surface area contributed by atoms with Crippen LogP contribution in [0, 0.1) is 0 Å². The highest BCUT2D eigenvalue weighted by molar-refractivity contribution is 5.85. The van der Waals surface area contributed by atoms with Gasteiger partial charge in [-0.3, -0.25) is 14.2 Å². The molecule has 0 fully saturated rings. The molecular formula is C16H21N3O2. The number of pyridine rings is 1. The van der Waals surface area contributed by atoms with Crippen molar-refractivity contribution in [3.05, 3.63) is 46.2 Å². The van der Waals surface area contributed by atoms with Gasteiger partial charge >= 0.3 is 0 Å². The molecule has 2 aromatic rings. The maximum Gasteiger partial charge on any atom is 0.256 e. The molecule has 1 unspecified atom stereocenters. The number of rotatable bonds is 4. The molecule has 3 N–H and O–H groups in total. The molecule has 0 aliphatic heterocycles. The maximum absolute atomic E-state index is 12.5. The second-order valence-corrected chi connectivity index (χ2v) is 5.45. The molecule has 2 rings (SSSR count). The van der Waals surface area contributed by atoms with Gasteiger partial charge in [0.2, 0.25) is 5.91 Å². The molecule has 112 valence electrons. The van der Waals surface area contributed by atoms with Gasteiger partial charge in [-0.15, -0.1) is 0 Å². The van der Waals surface area contributed by atoms with Gasteiger partial charge in [-0.25, -0.2) is 0 Å². The molecule has 1 amide bonds. The lowest BCUT2D eigenvalue weighted by molar-refractivity contribution is -0.124. The fourth-order valence-electron chi connectivity index (χ4n) is 2.40. The van der Waals surface area contributed by atoms with E-state index in [4.69, 9.17) is 5.73 Å². The Bertz CT molecular complexity index is 719. The smallest absolute Gasteiger partial charge is 0.256 e. The fraction of sp³-hybridized carbons (Fsp3) is 0.375. The van der Waals surface area contributed by atoms with Gasteiger partial charge in [-0.05, 0) is 38.3 Å². The molecule has 0 spiro atoms. The normalized spacial score (nSPS) is 12.6. The number of carbonyl (C=O) groups is 1. The average Bonchev–Trinajstić information content (AvgIpc) is 2.45. The Hall–Kier alpha value is -2.14. The lowest BCUT2D eigenvalue weighted by Crippen LogP contribution is -2.40. The van der Waals surface area contributed by atoms with Gasteiger partial charge in [0.05, 0.1) is 5.52 Å².